The molecule has 4 rings (SSSR count). The van der Waals surface area contributed by atoms with Gasteiger partial charge in [0.05, 0.1) is 6.61 Å². The number of carbonyl (C=O) groups is 3. The number of carbonyl (C=O) groups excluding carboxylic acids is 3. The molecule has 2 saturated heterocycles. The molecule has 1 N–H and O–H groups in total. The molecule has 3 amide bonds. The smallest absolute Gasteiger partial charge is 0.251 e. The Morgan fingerprint density at radius 3 is 2.48 bits per heavy atom. The Hall–Kier alpha value is -3.35. The van der Waals surface area contributed by atoms with Crippen LogP contribution in [0.3, 0.4) is 0 Å². The fraction of sp³-hybridized carbons (Fsp3) is 0.423. The Balaban J connectivity index is 1.30. The second-order valence-corrected chi connectivity index (χ2v) is 8.67. The molecule has 0 bridgehead atoms. The van der Waals surface area contributed by atoms with Gasteiger partial charge in [-0.15, -0.1) is 0 Å². The zero-order chi connectivity index (χ0) is 23.2. The fourth-order valence-electron chi connectivity index (χ4n) is 4.35. The lowest BCUT2D eigenvalue weighted by molar-refractivity contribution is -0.158. The number of hydrogen-bond donors (Lipinski definition) is 1. The molecule has 174 valence electrons. The number of nitrogens with one attached hydrogen (secondary N) is 1. The second kappa shape index (κ2) is 10.5. The van der Waals surface area contributed by atoms with Crippen molar-refractivity contribution in [3.8, 4) is 5.75 Å². The van der Waals surface area contributed by atoms with E-state index in [-0.39, 0.29) is 30.3 Å². The van der Waals surface area contributed by atoms with Crippen LogP contribution in [0.1, 0.15) is 54.1 Å². The van der Waals surface area contributed by atoms with Crippen molar-refractivity contribution in [3.63, 3.8) is 0 Å². The molecule has 7 nitrogen and oxygen atoms in total. The van der Waals surface area contributed by atoms with E-state index in [1.54, 1.807) is 21.9 Å². The van der Waals surface area contributed by atoms with Gasteiger partial charge < -0.3 is 19.9 Å². The highest BCUT2D eigenvalue weighted by Crippen LogP contribution is 2.24. The summed E-state index contributed by atoms with van der Waals surface area (Å²) >= 11 is 0. The van der Waals surface area contributed by atoms with Gasteiger partial charge in [0.1, 0.15) is 18.3 Å². The summed E-state index contributed by atoms with van der Waals surface area (Å²) in [6, 6.07) is 14.6. The molecule has 0 radical (unpaired) electrons. The van der Waals surface area contributed by atoms with Crippen molar-refractivity contribution in [1.29, 1.82) is 0 Å². The largest absolute Gasteiger partial charge is 0.494 e. The molecule has 1 atom stereocenters. The predicted molar refractivity (Wildman–Crippen MR) is 125 cm³/mol. The standard InChI is InChI=1S/C26H31N3O4/c1-2-15-33-22-12-8-19(9-13-22)16-27-25(31)21-10-6-20(7-11-21)17-28-18-24(30)29-14-4-3-5-23(29)26(28)32/h6-13,23H,2-5,14-18H2,1H3,(H,27,31)/t23-/m1/s1. The van der Waals surface area contributed by atoms with Gasteiger partial charge in [0.2, 0.25) is 11.8 Å². The minimum atomic E-state index is -0.308. The summed E-state index contributed by atoms with van der Waals surface area (Å²) < 4.78 is 5.58. The zero-order valence-corrected chi connectivity index (χ0v) is 19.1. The summed E-state index contributed by atoms with van der Waals surface area (Å²) in [7, 11) is 0. The molecule has 0 spiro atoms. The Morgan fingerprint density at radius 1 is 1.03 bits per heavy atom. The molecule has 2 aromatic carbocycles. The van der Waals surface area contributed by atoms with Crippen molar-refractivity contribution in [2.45, 2.75) is 51.7 Å². The Labute approximate surface area is 194 Å². The van der Waals surface area contributed by atoms with Crippen molar-refractivity contribution in [1.82, 2.24) is 15.1 Å². The molecule has 0 unspecified atom stereocenters. The van der Waals surface area contributed by atoms with E-state index in [1.807, 2.05) is 36.4 Å². The lowest BCUT2D eigenvalue weighted by Gasteiger charge is -2.42. The third-order valence-electron chi connectivity index (χ3n) is 6.18. The molecule has 0 aromatic heterocycles. The lowest BCUT2D eigenvalue weighted by atomic mass is 9.98. The van der Waals surface area contributed by atoms with Gasteiger partial charge in [-0.2, -0.15) is 0 Å². The second-order valence-electron chi connectivity index (χ2n) is 8.67. The van der Waals surface area contributed by atoms with Crippen molar-refractivity contribution in [3.05, 3.63) is 65.2 Å². The first-order chi connectivity index (χ1) is 16.0. The van der Waals surface area contributed by atoms with Crippen LogP contribution in [0.2, 0.25) is 0 Å². The minimum Gasteiger partial charge on any atom is -0.494 e. The molecular formula is C26H31N3O4. The fourth-order valence-corrected chi connectivity index (χ4v) is 4.35. The molecule has 0 aliphatic carbocycles. The van der Waals surface area contributed by atoms with Crippen LogP contribution < -0.4 is 10.1 Å². The van der Waals surface area contributed by atoms with Gasteiger partial charge in [-0.1, -0.05) is 31.2 Å². The molecule has 2 aliphatic heterocycles. The van der Waals surface area contributed by atoms with Crippen LogP contribution in [0, 0.1) is 0 Å². The lowest BCUT2D eigenvalue weighted by Crippen LogP contribution is -2.60. The van der Waals surface area contributed by atoms with E-state index in [9.17, 15) is 14.4 Å². The molecule has 33 heavy (non-hydrogen) atoms. The quantitative estimate of drug-likeness (QED) is 0.672. The van der Waals surface area contributed by atoms with Gasteiger partial charge in [-0.05, 0) is 61.1 Å². The Morgan fingerprint density at radius 2 is 1.76 bits per heavy atom. The van der Waals surface area contributed by atoms with Gasteiger partial charge in [0.15, 0.2) is 0 Å². The molecule has 2 aromatic rings. The van der Waals surface area contributed by atoms with Gasteiger partial charge >= 0.3 is 0 Å². The van der Waals surface area contributed by atoms with E-state index in [4.69, 9.17) is 4.74 Å². The first-order valence-electron chi connectivity index (χ1n) is 11.7. The Bertz CT molecular complexity index is 988. The Kier molecular flexibility index (Phi) is 7.27. The third-order valence-corrected chi connectivity index (χ3v) is 6.18. The van der Waals surface area contributed by atoms with Crippen LogP contribution >= 0.6 is 0 Å². The van der Waals surface area contributed by atoms with Crippen molar-refractivity contribution < 1.29 is 19.1 Å². The summed E-state index contributed by atoms with van der Waals surface area (Å²) in [5.74, 6) is 0.727. The first kappa shape index (κ1) is 22.8. The van der Waals surface area contributed by atoms with E-state index < -0.39 is 0 Å². The number of ether oxygens (including phenoxy) is 1. The number of piperidine rings is 1. The monoisotopic (exact) mass is 449 g/mol. The summed E-state index contributed by atoms with van der Waals surface area (Å²) in [4.78, 5) is 41.2. The van der Waals surface area contributed by atoms with Gasteiger partial charge in [-0.25, -0.2) is 0 Å². The zero-order valence-electron chi connectivity index (χ0n) is 19.1. The van der Waals surface area contributed by atoms with Crippen LogP contribution in [0.5, 0.6) is 5.75 Å². The molecule has 2 fully saturated rings. The van der Waals surface area contributed by atoms with Crippen molar-refractivity contribution in [2.75, 3.05) is 19.7 Å². The number of piperazine rings is 1. The summed E-state index contributed by atoms with van der Waals surface area (Å²) in [6.45, 7) is 4.37. The average molecular weight is 450 g/mol. The van der Waals surface area contributed by atoms with Crippen LogP contribution in [0.15, 0.2) is 48.5 Å². The van der Waals surface area contributed by atoms with Crippen LogP contribution in [0.4, 0.5) is 0 Å². The molecular weight excluding hydrogens is 418 g/mol. The summed E-state index contributed by atoms with van der Waals surface area (Å²) in [5.41, 5.74) is 2.45. The van der Waals surface area contributed by atoms with Gasteiger partial charge in [0, 0.05) is 25.2 Å². The normalized spacial score (nSPS) is 18.2. The number of amides is 3. The highest BCUT2D eigenvalue weighted by molar-refractivity contribution is 5.95. The van der Waals surface area contributed by atoms with Gasteiger partial charge in [-0.3, -0.25) is 14.4 Å². The van der Waals surface area contributed by atoms with E-state index in [0.717, 1.165) is 42.6 Å². The van der Waals surface area contributed by atoms with Crippen LogP contribution in [-0.2, 0) is 22.7 Å². The van der Waals surface area contributed by atoms with Crippen molar-refractivity contribution in [2.24, 2.45) is 0 Å². The van der Waals surface area contributed by atoms with E-state index in [0.29, 0.717) is 31.8 Å². The molecule has 0 saturated carbocycles. The number of fused-ring (bicyclic) bond motifs is 1. The van der Waals surface area contributed by atoms with E-state index >= 15 is 0 Å². The average Bonchev–Trinajstić information content (AvgIpc) is 2.85. The van der Waals surface area contributed by atoms with Crippen LogP contribution in [0.25, 0.3) is 0 Å². The third kappa shape index (κ3) is 5.53. The number of nitrogens with zero attached hydrogens (tertiary/aromatic N) is 2. The maximum absolute atomic E-state index is 12.8. The maximum Gasteiger partial charge on any atom is 0.251 e. The van der Waals surface area contributed by atoms with Gasteiger partial charge in [0.25, 0.3) is 5.91 Å². The predicted octanol–water partition coefficient (Wildman–Crippen LogP) is 3.13. The number of hydrogen-bond acceptors (Lipinski definition) is 4. The van der Waals surface area contributed by atoms with Crippen LogP contribution in [-0.4, -0.2) is 53.3 Å². The molecule has 2 heterocycles. The SMILES string of the molecule is CCCOc1ccc(CNC(=O)c2ccc(CN3CC(=O)N4CCCC[C@@H]4C3=O)cc2)cc1. The minimum absolute atomic E-state index is 0.0280. The van der Waals surface area contributed by atoms with E-state index in [1.165, 1.54) is 0 Å². The number of rotatable bonds is 8. The first-order valence-corrected chi connectivity index (χ1v) is 11.7. The summed E-state index contributed by atoms with van der Waals surface area (Å²) in [5, 5.41) is 2.93. The van der Waals surface area contributed by atoms with Crippen molar-refractivity contribution >= 4 is 17.7 Å². The van der Waals surface area contributed by atoms with E-state index in [2.05, 4.69) is 12.2 Å². The maximum atomic E-state index is 12.8. The number of benzene rings is 2. The highest BCUT2D eigenvalue weighted by atomic mass is 16.5. The summed E-state index contributed by atoms with van der Waals surface area (Å²) in [6.07, 6.45) is 3.66. The highest BCUT2D eigenvalue weighted by Gasteiger charge is 2.40. The topological polar surface area (TPSA) is 79.0 Å². The molecule has 7 heteroatoms. The molecule has 2 aliphatic rings.